The highest BCUT2D eigenvalue weighted by Crippen LogP contribution is 2.34. The molecule has 2 aromatic rings. The normalized spacial score (nSPS) is 14.1. The first-order chi connectivity index (χ1) is 10.7. The summed E-state index contributed by atoms with van der Waals surface area (Å²) >= 11 is 0. The maximum absolute atomic E-state index is 12.0. The highest BCUT2D eigenvalue weighted by molar-refractivity contribution is 6.04. The number of methoxy groups -OCH3 is 1. The molecule has 0 spiro atoms. The van der Waals surface area contributed by atoms with Gasteiger partial charge in [0.15, 0.2) is 0 Å². The summed E-state index contributed by atoms with van der Waals surface area (Å²) in [5.41, 5.74) is 3.47. The molecule has 0 aliphatic heterocycles. The van der Waals surface area contributed by atoms with Gasteiger partial charge in [0.25, 0.3) is 0 Å². The number of carbonyl (C=O) groups is 1. The average Bonchev–Trinajstić information content (AvgIpc) is 2.93. The SMILES string of the molecule is COC[C@H](O)CNC(=O)Nc1ccc2c3c(cccc13)CC2. The van der Waals surface area contributed by atoms with E-state index in [1.165, 1.54) is 23.6 Å². The Morgan fingerprint density at radius 2 is 2.05 bits per heavy atom. The molecule has 5 nitrogen and oxygen atoms in total. The highest BCUT2D eigenvalue weighted by Gasteiger charge is 2.16. The van der Waals surface area contributed by atoms with Crippen molar-refractivity contribution in [3.63, 3.8) is 0 Å². The van der Waals surface area contributed by atoms with Crippen LogP contribution < -0.4 is 10.6 Å². The number of amides is 2. The number of aryl methyl sites for hydroxylation is 2. The van der Waals surface area contributed by atoms with Crippen LogP contribution in [0.3, 0.4) is 0 Å². The third kappa shape index (κ3) is 2.91. The van der Waals surface area contributed by atoms with E-state index in [4.69, 9.17) is 4.74 Å². The minimum absolute atomic E-state index is 0.154. The Bertz CT molecular complexity index is 689. The van der Waals surface area contributed by atoms with Gasteiger partial charge >= 0.3 is 6.03 Å². The lowest BCUT2D eigenvalue weighted by Gasteiger charge is -2.13. The van der Waals surface area contributed by atoms with Crippen molar-refractivity contribution in [1.29, 1.82) is 0 Å². The Morgan fingerprint density at radius 3 is 2.82 bits per heavy atom. The van der Waals surface area contributed by atoms with Crippen LogP contribution in [0.2, 0.25) is 0 Å². The van der Waals surface area contributed by atoms with Gasteiger partial charge in [0.1, 0.15) is 0 Å². The second-order valence-corrected chi connectivity index (χ2v) is 5.56. The van der Waals surface area contributed by atoms with Gasteiger partial charge in [0.2, 0.25) is 0 Å². The lowest BCUT2D eigenvalue weighted by molar-refractivity contribution is 0.0663. The number of benzene rings is 2. The number of rotatable bonds is 5. The third-order valence-electron chi connectivity index (χ3n) is 3.98. The molecule has 0 heterocycles. The molecule has 2 amide bonds. The second-order valence-electron chi connectivity index (χ2n) is 5.56. The fraction of sp³-hybridized carbons (Fsp3) is 0.353. The minimum Gasteiger partial charge on any atom is -0.389 e. The van der Waals surface area contributed by atoms with Gasteiger partial charge < -0.3 is 20.5 Å². The van der Waals surface area contributed by atoms with Crippen molar-refractivity contribution in [2.45, 2.75) is 18.9 Å². The van der Waals surface area contributed by atoms with Gasteiger partial charge in [0.05, 0.1) is 18.4 Å². The van der Waals surface area contributed by atoms with Crippen LogP contribution in [0.5, 0.6) is 0 Å². The fourth-order valence-corrected chi connectivity index (χ4v) is 2.98. The van der Waals surface area contributed by atoms with E-state index in [1.54, 1.807) is 0 Å². The highest BCUT2D eigenvalue weighted by atomic mass is 16.5. The van der Waals surface area contributed by atoms with E-state index in [-0.39, 0.29) is 19.2 Å². The summed E-state index contributed by atoms with van der Waals surface area (Å²) in [6, 6.07) is 9.89. The van der Waals surface area contributed by atoms with E-state index in [9.17, 15) is 9.90 Å². The second kappa shape index (κ2) is 6.34. The number of hydrogen-bond donors (Lipinski definition) is 3. The number of ether oxygens (including phenoxy) is 1. The van der Waals surface area contributed by atoms with Crippen LogP contribution in [0, 0.1) is 0 Å². The molecule has 0 unspecified atom stereocenters. The monoisotopic (exact) mass is 300 g/mol. The number of carbonyl (C=O) groups excluding carboxylic acids is 1. The predicted octanol–water partition coefficient (Wildman–Crippen LogP) is 2.07. The smallest absolute Gasteiger partial charge is 0.319 e. The molecular formula is C17H20N2O3. The first kappa shape index (κ1) is 14.8. The van der Waals surface area contributed by atoms with Gasteiger partial charge in [-0.25, -0.2) is 4.79 Å². The largest absolute Gasteiger partial charge is 0.389 e. The van der Waals surface area contributed by atoms with Crippen LogP contribution in [0.1, 0.15) is 11.1 Å². The van der Waals surface area contributed by atoms with Crippen molar-refractivity contribution in [3.05, 3.63) is 41.5 Å². The van der Waals surface area contributed by atoms with E-state index in [0.29, 0.717) is 0 Å². The molecule has 2 aromatic carbocycles. The number of aliphatic hydroxyl groups is 1. The number of nitrogens with one attached hydrogen (secondary N) is 2. The first-order valence-corrected chi connectivity index (χ1v) is 7.44. The molecule has 0 fully saturated rings. The molecule has 1 aliphatic rings. The minimum atomic E-state index is -0.705. The maximum atomic E-state index is 12.0. The number of urea groups is 1. The zero-order valence-corrected chi connectivity index (χ0v) is 12.6. The lowest BCUT2D eigenvalue weighted by Crippen LogP contribution is -2.37. The fourth-order valence-electron chi connectivity index (χ4n) is 2.98. The molecule has 0 saturated heterocycles. The van der Waals surface area contributed by atoms with E-state index < -0.39 is 6.10 Å². The van der Waals surface area contributed by atoms with Crippen molar-refractivity contribution in [2.75, 3.05) is 25.6 Å². The Labute approximate surface area is 129 Å². The molecular weight excluding hydrogens is 280 g/mol. The summed E-state index contributed by atoms with van der Waals surface area (Å²) in [7, 11) is 1.51. The van der Waals surface area contributed by atoms with Gasteiger partial charge in [-0.3, -0.25) is 0 Å². The number of aliphatic hydroxyl groups excluding tert-OH is 1. The van der Waals surface area contributed by atoms with E-state index in [2.05, 4.69) is 22.8 Å². The quantitative estimate of drug-likeness (QED) is 0.791. The number of anilines is 1. The Balaban J connectivity index is 1.74. The lowest BCUT2D eigenvalue weighted by atomic mass is 10.0. The third-order valence-corrected chi connectivity index (χ3v) is 3.98. The standard InChI is InChI=1S/C17H20N2O3/c1-22-10-13(20)9-18-17(21)19-15-8-7-12-6-5-11-3-2-4-14(15)16(11)12/h2-4,7-8,13,20H,5-6,9-10H2,1H3,(H2,18,19,21)/t13-/m1/s1. The molecule has 0 saturated carbocycles. The summed E-state index contributed by atoms with van der Waals surface area (Å²) in [4.78, 5) is 12.0. The van der Waals surface area contributed by atoms with Crippen molar-refractivity contribution >= 4 is 22.5 Å². The van der Waals surface area contributed by atoms with Crippen molar-refractivity contribution in [2.24, 2.45) is 0 Å². The Kier molecular flexibility index (Phi) is 4.27. The van der Waals surface area contributed by atoms with Crippen LogP contribution in [-0.2, 0) is 17.6 Å². The van der Waals surface area contributed by atoms with Crippen LogP contribution >= 0.6 is 0 Å². The van der Waals surface area contributed by atoms with Gasteiger partial charge in [-0.1, -0.05) is 24.3 Å². The summed E-state index contributed by atoms with van der Waals surface area (Å²) < 4.78 is 4.82. The molecule has 116 valence electrons. The zero-order valence-electron chi connectivity index (χ0n) is 12.6. The maximum Gasteiger partial charge on any atom is 0.319 e. The molecule has 5 heteroatoms. The van der Waals surface area contributed by atoms with Crippen molar-refractivity contribution in [1.82, 2.24) is 5.32 Å². The molecule has 3 rings (SSSR count). The van der Waals surface area contributed by atoms with Gasteiger partial charge in [-0.15, -0.1) is 0 Å². The first-order valence-electron chi connectivity index (χ1n) is 7.44. The summed E-state index contributed by atoms with van der Waals surface area (Å²) in [5.74, 6) is 0. The molecule has 0 radical (unpaired) electrons. The number of hydrogen-bond acceptors (Lipinski definition) is 3. The topological polar surface area (TPSA) is 70.6 Å². The van der Waals surface area contributed by atoms with Gasteiger partial charge in [-0.05, 0) is 35.4 Å². The molecule has 0 bridgehead atoms. The van der Waals surface area contributed by atoms with Crippen molar-refractivity contribution < 1.29 is 14.6 Å². The molecule has 22 heavy (non-hydrogen) atoms. The molecule has 1 atom stereocenters. The van der Waals surface area contributed by atoms with E-state index in [0.717, 1.165) is 23.9 Å². The molecule has 3 N–H and O–H groups in total. The van der Waals surface area contributed by atoms with Crippen LogP contribution in [0.4, 0.5) is 10.5 Å². The Hall–Kier alpha value is -2.11. The van der Waals surface area contributed by atoms with Gasteiger partial charge in [0, 0.05) is 19.0 Å². The summed E-state index contributed by atoms with van der Waals surface area (Å²) in [5, 5.41) is 17.4. The summed E-state index contributed by atoms with van der Waals surface area (Å²) in [6.07, 6.45) is 1.42. The zero-order chi connectivity index (χ0) is 15.5. The molecule has 1 aliphatic carbocycles. The van der Waals surface area contributed by atoms with E-state index in [1.807, 2.05) is 18.2 Å². The average molecular weight is 300 g/mol. The predicted molar refractivity (Wildman–Crippen MR) is 86.3 cm³/mol. The van der Waals surface area contributed by atoms with E-state index >= 15 is 0 Å². The molecule has 0 aromatic heterocycles. The van der Waals surface area contributed by atoms with Crippen LogP contribution in [-0.4, -0.2) is 37.5 Å². The summed E-state index contributed by atoms with van der Waals surface area (Å²) in [6.45, 7) is 0.349. The van der Waals surface area contributed by atoms with Crippen LogP contribution in [0.25, 0.3) is 10.8 Å². The van der Waals surface area contributed by atoms with Gasteiger partial charge in [-0.2, -0.15) is 0 Å². The van der Waals surface area contributed by atoms with Crippen molar-refractivity contribution in [3.8, 4) is 0 Å². The Morgan fingerprint density at radius 1 is 1.27 bits per heavy atom. The van der Waals surface area contributed by atoms with Crippen LogP contribution in [0.15, 0.2) is 30.3 Å².